The Balaban J connectivity index is 1.42. The van der Waals surface area contributed by atoms with Gasteiger partial charge < -0.3 is 20.4 Å². The number of anilines is 1. The molecule has 3 aliphatic rings. The van der Waals surface area contributed by atoms with Gasteiger partial charge in [0.15, 0.2) is 11.6 Å². The van der Waals surface area contributed by atoms with Gasteiger partial charge in [0.25, 0.3) is 5.91 Å². The lowest BCUT2D eigenvalue weighted by atomic mass is 9.74. The minimum atomic E-state index is -1.07. The number of hydrogen-bond acceptors (Lipinski definition) is 5. The van der Waals surface area contributed by atoms with Crippen LogP contribution in [0.5, 0.6) is 0 Å². The highest BCUT2D eigenvalue weighted by atomic mass is 19.2. The van der Waals surface area contributed by atoms with Crippen LogP contribution in [-0.2, 0) is 9.59 Å². The molecule has 4 rings (SSSR count). The molecule has 31 heavy (non-hydrogen) atoms. The molecular formula is C21H27F2N5O3. The number of hydrogen-bond donors (Lipinski definition) is 3. The lowest BCUT2D eigenvalue weighted by molar-refractivity contribution is -0.138. The van der Waals surface area contributed by atoms with Gasteiger partial charge in [-0.2, -0.15) is 0 Å². The van der Waals surface area contributed by atoms with Crippen molar-refractivity contribution in [3.8, 4) is 0 Å². The standard InChI is InChI=1S/C21H27F2N5O3/c1-12(8-21(14-9-24-10-14)19(30)25-20(31)26-21)18(29)27-5-6-28(13(2)11-27)15-3-4-16(22)17(23)7-15/h3-4,7,12-14,24H,5-6,8-11H2,1-2H3,(H2,25,26,30,31)/t12-,13+,21-/m1/s1. The van der Waals surface area contributed by atoms with Crippen LogP contribution in [0.25, 0.3) is 0 Å². The van der Waals surface area contributed by atoms with Crippen molar-refractivity contribution in [1.82, 2.24) is 20.9 Å². The van der Waals surface area contributed by atoms with E-state index in [0.29, 0.717) is 38.4 Å². The normalized spacial score (nSPS) is 27.5. The number of amides is 4. The SMILES string of the molecule is C[C@H](C[C@]1(C2CNC2)NC(=O)NC1=O)C(=O)N1CCN(c2ccc(F)c(F)c2)[C@@H](C)C1. The second kappa shape index (κ2) is 8.07. The van der Waals surface area contributed by atoms with Crippen LogP contribution < -0.4 is 20.9 Å². The number of carbonyl (C=O) groups is 3. The number of nitrogens with one attached hydrogen (secondary N) is 3. The van der Waals surface area contributed by atoms with Crippen molar-refractivity contribution in [1.29, 1.82) is 0 Å². The zero-order valence-electron chi connectivity index (χ0n) is 17.6. The van der Waals surface area contributed by atoms with E-state index in [9.17, 15) is 23.2 Å². The van der Waals surface area contributed by atoms with Crippen LogP contribution in [0.15, 0.2) is 18.2 Å². The highest BCUT2D eigenvalue weighted by Gasteiger charge is 2.54. The topological polar surface area (TPSA) is 93.8 Å². The van der Waals surface area contributed by atoms with Crippen LogP contribution in [0, 0.1) is 23.5 Å². The quantitative estimate of drug-likeness (QED) is 0.596. The minimum absolute atomic E-state index is 0.0571. The third-order valence-electron chi connectivity index (χ3n) is 6.67. The number of urea groups is 1. The monoisotopic (exact) mass is 435 g/mol. The number of nitrogens with zero attached hydrogens (tertiary/aromatic N) is 2. The fourth-order valence-electron chi connectivity index (χ4n) is 4.83. The molecule has 10 heteroatoms. The first-order valence-corrected chi connectivity index (χ1v) is 10.6. The maximum atomic E-state index is 13.6. The molecule has 0 unspecified atom stereocenters. The molecule has 0 spiro atoms. The second-order valence-electron chi connectivity index (χ2n) is 8.77. The molecule has 3 saturated heterocycles. The molecule has 1 aromatic carbocycles. The Kier molecular flexibility index (Phi) is 5.59. The molecule has 3 fully saturated rings. The summed E-state index contributed by atoms with van der Waals surface area (Å²) in [6, 6.07) is 3.20. The van der Waals surface area contributed by atoms with E-state index in [1.807, 2.05) is 11.8 Å². The lowest BCUT2D eigenvalue weighted by Gasteiger charge is -2.44. The Hall–Kier alpha value is -2.75. The molecule has 1 aromatic rings. The molecule has 0 bridgehead atoms. The average molecular weight is 435 g/mol. The largest absolute Gasteiger partial charge is 0.365 e. The molecule has 3 N–H and O–H groups in total. The van der Waals surface area contributed by atoms with Gasteiger partial charge in [0.1, 0.15) is 5.54 Å². The van der Waals surface area contributed by atoms with Crippen LogP contribution >= 0.6 is 0 Å². The molecular weight excluding hydrogens is 408 g/mol. The van der Waals surface area contributed by atoms with Crippen molar-refractivity contribution in [2.45, 2.75) is 31.8 Å². The van der Waals surface area contributed by atoms with Crippen molar-refractivity contribution in [3.05, 3.63) is 29.8 Å². The van der Waals surface area contributed by atoms with E-state index in [1.165, 1.54) is 12.1 Å². The van der Waals surface area contributed by atoms with Crippen molar-refractivity contribution in [2.75, 3.05) is 37.6 Å². The summed E-state index contributed by atoms with van der Waals surface area (Å²) < 4.78 is 26.9. The zero-order chi connectivity index (χ0) is 22.3. The highest BCUT2D eigenvalue weighted by molar-refractivity contribution is 6.07. The van der Waals surface area contributed by atoms with Gasteiger partial charge in [-0.05, 0) is 25.5 Å². The molecule has 0 saturated carbocycles. The molecule has 0 aromatic heterocycles. The molecule has 4 amide bonds. The van der Waals surface area contributed by atoms with E-state index < -0.39 is 29.1 Å². The number of benzene rings is 1. The van der Waals surface area contributed by atoms with Crippen molar-refractivity contribution in [2.24, 2.45) is 11.8 Å². The maximum absolute atomic E-state index is 13.6. The Labute approximate surface area is 179 Å². The molecule has 3 aliphatic heterocycles. The predicted molar refractivity (Wildman–Crippen MR) is 109 cm³/mol. The van der Waals surface area contributed by atoms with Gasteiger partial charge in [0, 0.05) is 62.4 Å². The summed E-state index contributed by atoms with van der Waals surface area (Å²) in [5.74, 6) is -2.77. The van der Waals surface area contributed by atoms with Gasteiger partial charge in [-0.3, -0.25) is 14.9 Å². The molecule has 3 atom stereocenters. The van der Waals surface area contributed by atoms with Crippen molar-refractivity contribution < 1.29 is 23.2 Å². The predicted octanol–water partition coefficient (Wildman–Crippen LogP) is 0.826. The van der Waals surface area contributed by atoms with E-state index in [-0.39, 0.29) is 30.2 Å². The first-order valence-electron chi connectivity index (χ1n) is 10.6. The van der Waals surface area contributed by atoms with Crippen LogP contribution in [-0.4, -0.2) is 67.0 Å². The van der Waals surface area contributed by atoms with Gasteiger partial charge in [-0.15, -0.1) is 0 Å². The van der Waals surface area contributed by atoms with Gasteiger partial charge in [-0.25, -0.2) is 13.6 Å². The molecule has 0 radical (unpaired) electrons. The summed E-state index contributed by atoms with van der Waals surface area (Å²) in [6.45, 7) is 6.27. The fraction of sp³-hybridized carbons (Fsp3) is 0.571. The summed E-state index contributed by atoms with van der Waals surface area (Å²) in [7, 11) is 0. The Bertz CT molecular complexity index is 909. The molecule has 3 heterocycles. The van der Waals surface area contributed by atoms with Crippen molar-refractivity contribution >= 4 is 23.5 Å². The summed E-state index contributed by atoms with van der Waals surface area (Å²) in [5, 5.41) is 8.20. The van der Waals surface area contributed by atoms with Crippen LogP contribution in [0.3, 0.4) is 0 Å². The molecule has 168 valence electrons. The van der Waals surface area contributed by atoms with Crippen molar-refractivity contribution in [3.63, 3.8) is 0 Å². The minimum Gasteiger partial charge on any atom is -0.365 e. The third kappa shape index (κ3) is 3.84. The Morgan fingerprint density at radius 3 is 2.52 bits per heavy atom. The summed E-state index contributed by atoms with van der Waals surface area (Å²) in [6.07, 6.45) is 0.230. The number of piperazine rings is 1. The Morgan fingerprint density at radius 2 is 1.97 bits per heavy atom. The summed E-state index contributed by atoms with van der Waals surface area (Å²) in [4.78, 5) is 41.2. The third-order valence-corrected chi connectivity index (χ3v) is 6.67. The van der Waals surface area contributed by atoms with Crippen LogP contribution in [0.2, 0.25) is 0 Å². The first-order chi connectivity index (χ1) is 14.7. The van der Waals surface area contributed by atoms with Gasteiger partial charge in [0.05, 0.1) is 0 Å². The maximum Gasteiger partial charge on any atom is 0.322 e. The summed E-state index contributed by atoms with van der Waals surface area (Å²) in [5.41, 5.74) is -0.496. The van der Waals surface area contributed by atoms with Crippen LogP contribution in [0.4, 0.5) is 19.3 Å². The number of halogens is 2. The van der Waals surface area contributed by atoms with Crippen LogP contribution in [0.1, 0.15) is 20.3 Å². The Morgan fingerprint density at radius 1 is 1.23 bits per heavy atom. The highest BCUT2D eigenvalue weighted by Crippen LogP contribution is 2.33. The van der Waals surface area contributed by atoms with Gasteiger partial charge in [-0.1, -0.05) is 6.92 Å². The number of carbonyl (C=O) groups excluding carboxylic acids is 3. The van der Waals surface area contributed by atoms with E-state index in [2.05, 4.69) is 16.0 Å². The first kappa shape index (κ1) is 21.5. The average Bonchev–Trinajstić information content (AvgIpc) is 2.95. The van der Waals surface area contributed by atoms with Gasteiger partial charge in [0.2, 0.25) is 5.91 Å². The number of rotatable bonds is 5. The summed E-state index contributed by atoms with van der Waals surface area (Å²) >= 11 is 0. The van der Waals surface area contributed by atoms with E-state index in [1.54, 1.807) is 11.8 Å². The number of imide groups is 1. The lowest BCUT2D eigenvalue weighted by Crippen LogP contribution is -2.65. The zero-order valence-corrected chi connectivity index (χ0v) is 17.6. The van der Waals surface area contributed by atoms with E-state index in [4.69, 9.17) is 0 Å². The second-order valence-corrected chi connectivity index (χ2v) is 8.77. The van der Waals surface area contributed by atoms with E-state index in [0.717, 1.165) is 6.07 Å². The van der Waals surface area contributed by atoms with E-state index >= 15 is 0 Å². The molecule has 0 aliphatic carbocycles. The van der Waals surface area contributed by atoms with Gasteiger partial charge >= 0.3 is 6.03 Å². The fourth-order valence-corrected chi connectivity index (χ4v) is 4.83. The molecule has 8 nitrogen and oxygen atoms in total. The smallest absolute Gasteiger partial charge is 0.322 e.